The van der Waals surface area contributed by atoms with Crippen molar-refractivity contribution in [3.63, 3.8) is 0 Å². The van der Waals surface area contributed by atoms with Gasteiger partial charge in [0.05, 0.1) is 0 Å². The Morgan fingerprint density at radius 3 is 1.64 bits per heavy atom. The lowest BCUT2D eigenvalue weighted by Crippen LogP contribution is -2.21. The van der Waals surface area contributed by atoms with Gasteiger partial charge in [0.1, 0.15) is 0 Å². The average Bonchev–Trinajstić information content (AvgIpc) is 1.56. The molecular weight excluding hydrogens is 200 g/mol. The molecule has 0 aliphatic heterocycles. The van der Waals surface area contributed by atoms with Gasteiger partial charge in [0, 0.05) is 0 Å². The van der Waals surface area contributed by atoms with Crippen molar-refractivity contribution < 1.29 is 31.3 Å². The van der Waals surface area contributed by atoms with Gasteiger partial charge in [-0.2, -0.15) is 8.42 Å². The van der Waals surface area contributed by atoms with Crippen LogP contribution >= 0.6 is 0 Å². The fourth-order valence-corrected chi connectivity index (χ4v) is 2.22. The molecule has 0 radical (unpaired) electrons. The van der Waals surface area contributed by atoms with Crippen molar-refractivity contribution >= 4 is 25.3 Å². The van der Waals surface area contributed by atoms with Gasteiger partial charge in [0.15, 0.2) is 5.08 Å². The molecule has 0 aliphatic rings. The maximum absolute atomic E-state index is 10.2. The van der Waals surface area contributed by atoms with E-state index < -0.39 is 30.3 Å². The predicted molar refractivity (Wildman–Crippen MR) is 33.4 cm³/mol. The second-order valence-electron chi connectivity index (χ2n) is 1.58. The van der Waals surface area contributed by atoms with E-state index in [1.165, 1.54) is 0 Å². The minimum absolute atomic E-state index is 1.80. The maximum Gasteiger partial charge on any atom is 0.423 e. The minimum atomic E-state index is -4.80. The summed E-state index contributed by atoms with van der Waals surface area (Å²) in [6.07, 6.45) is 0. The van der Waals surface area contributed by atoms with E-state index >= 15 is 0 Å². The maximum atomic E-state index is 10.2. The molecule has 66 valence electrons. The SMILES string of the molecule is O=C(O)S(=O)(=O)CS(=O)(=O)O. The van der Waals surface area contributed by atoms with Gasteiger partial charge in [-0.1, -0.05) is 0 Å². The summed E-state index contributed by atoms with van der Waals surface area (Å²) in [7, 11) is -9.57. The highest BCUT2D eigenvalue weighted by Gasteiger charge is 2.27. The first-order chi connectivity index (χ1) is 4.65. The van der Waals surface area contributed by atoms with Gasteiger partial charge in [-0.3, -0.25) is 4.55 Å². The van der Waals surface area contributed by atoms with Crippen LogP contribution < -0.4 is 0 Å². The fraction of sp³-hybridized carbons (Fsp3) is 0.500. The molecule has 0 bridgehead atoms. The van der Waals surface area contributed by atoms with E-state index in [0.29, 0.717) is 0 Å². The van der Waals surface area contributed by atoms with Gasteiger partial charge in [-0.25, -0.2) is 13.2 Å². The van der Waals surface area contributed by atoms with Crippen molar-refractivity contribution in [3.8, 4) is 0 Å². The third kappa shape index (κ3) is 3.91. The van der Waals surface area contributed by atoms with Crippen LogP contribution in [0.15, 0.2) is 0 Å². The summed E-state index contributed by atoms with van der Waals surface area (Å²) in [5.41, 5.74) is 0. The van der Waals surface area contributed by atoms with E-state index in [9.17, 15) is 21.6 Å². The number of carboxylic acid groups (broad SMARTS) is 1. The number of rotatable bonds is 2. The Hall–Kier alpha value is -0.670. The van der Waals surface area contributed by atoms with Crippen LogP contribution in [0, 0.1) is 0 Å². The van der Waals surface area contributed by atoms with Crippen LogP contribution in [0.2, 0.25) is 0 Å². The summed E-state index contributed by atoms with van der Waals surface area (Å²) in [5, 5.41) is 3.76. The number of carbonyl (C=O) groups is 1. The van der Waals surface area contributed by atoms with Crippen LogP contribution in [0.3, 0.4) is 0 Å². The monoisotopic (exact) mass is 204 g/mol. The highest BCUT2D eigenvalue weighted by atomic mass is 32.3. The lowest BCUT2D eigenvalue weighted by Gasteiger charge is -1.93. The van der Waals surface area contributed by atoms with E-state index in [1.807, 2.05) is 0 Å². The molecule has 2 N–H and O–H groups in total. The molecule has 0 fully saturated rings. The Balaban J connectivity index is 4.83. The first kappa shape index (κ1) is 10.3. The van der Waals surface area contributed by atoms with E-state index in [0.717, 1.165) is 0 Å². The summed E-state index contributed by atoms with van der Waals surface area (Å²) in [4.78, 5) is 9.74. The van der Waals surface area contributed by atoms with Gasteiger partial charge in [-0.05, 0) is 0 Å². The van der Waals surface area contributed by atoms with Gasteiger partial charge in [0.25, 0.3) is 20.0 Å². The first-order valence-corrected chi connectivity index (χ1v) is 5.32. The van der Waals surface area contributed by atoms with Crippen molar-refractivity contribution in [1.82, 2.24) is 0 Å². The average molecular weight is 204 g/mol. The molecule has 0 aromatic rings. The van der Waals surface area contributed by atoms with E-state index in [4.69, 9.17) is 9.66 Å². The zero-order valence-corrected chi connectivity index (χ0v) is 6.59. The van der Waals surface area contributed by atoms with Crippen LogP contribution in [-0.2, 0) is 20.0 Å². The molecule has 7 nitrogen and oxygen atoms in total. The Labute approximate surface area is 62.3 Å². The zero-order valence-electron chi connectivity index (χ0n) is 4.96. The predicted octanol–water partition coefficient (Wildman–Crippen LogP) is -1.08. The van der Waals surface area contributed by atoms with E-state index in [2.05, 4.69) is 0 Å². The molecule has 0 amide bonds. The van der Waals surface area contributed by atoms with Crippen LogP contribution in [0.1, 0.15) is 0 Å². The molecule has 11 heavy (non-hydrogen) atoms. The highest BCUT2D eigenvalue weighted by molar-refractivity contribution is 8.14. The van der Waals surface area contributed by atoms with Crippen molar-refractivity contribution in [2.75, 3.05) is 5.08 Å². The van der Waals surface area contributed by atoms with Crippen molar-refractivity contribution in [3.05, 3.63) is 0 Å². The van der Waals surface area contributed by atoms with Gasteiger partial charge < -0.3 is 5.11 Å². The van der Waals surface area contributed by atoms with Crippen molar-refractivity contribution in [2.45, 2.75) is 0 Å². The lowest BCUT2D eigenvalue weighted by atomic mass is 11.6. The normalized spacial score (nSPS) is 12.8. The summed E-state index contributed by atoms with van der Waals surface area (Å²) in [5.74, 6) is 0. The molecule has 0 saturated heterocycles. The molecule has 0 saturated carbocycles. The van der Waals surface area contributed by atoms with Crippen LogP contribution in [0.25, 0.3) is 0 Å². The fourth-order valence-electron chi connectivity index (χ4n) is 0.246. The quantitative estimate of drug-likeness (QED) is 0.548. The summed E-state index contributed by atoms with van der Waals surface area (Å²) in [6.45, 7) is 0. The standard InChI is InChI=1S/C2H4O7S2/c3-2(4)10(5,6)1-11(7,8)9/h1H2,(H,3,4)(H,7,8,9). The second kappa shape index (κ2) is 2.75. The molecular formula is C2H4O7S2. The van der Waals surface area contributed by atoms with Gasteiger partial charge in [0.2, 0.25) is 0 Å². The summed E-state index contributed by atoms with van der Waals surface area (Å²) >= 11 is 0. The third-order valence-electron chi connectivity index (χ3n) is 0.570. The molecule has 0 atom stereocenters. The summed E-state index contributed by atoms with van der Waals surface area (Å²) in [6, 6.07) is 0. The Morgan fingerprint density at radius 2 is 1.55 bits per heavy atom. The molecule has 9 heteroatoms. The van der Waals surface area contributed by atoms with E-state index in [1.54, 1.807) is 0 Å². The number of hydrogen-bond donors (Lipinski definition) is 2. The highest BCUT2D eigenvalue weighted by Crippen LogP contribution is 1.96. The molecule has 0 rings (SSSR count). The third-order valence-corrected chi connectivity index (χ3v) is 3.53. The molecule has 0 aliphatic carbocycles. The molecule has 0 aromatic heterocycles. The number of sulfone groups is 1. The smallest absolute Gasteiger partial charge is 0.423 e. The number of hydrogen-bond acceptors (Lipinski definition) is 5. The van der Waals surface area contributed by atoms with Crippen molar-refractivity contribution in [2.24, 2.45) is 0 Å². The molecule has 0 aromatic carbocycles. The van der Waals surface area contributed by atoms with Crippen LogP contribution in [-0.4, -0.2) is 36.9 Å². The van der Waals surface area contributed by atoms with E-state index in [-0.39, 0.29) is 0 Å². The largest absolute Gasteiger partial charge is 0.470 e. The van der Waals surface area contributed by atoms with Gasteiger partial charge in [-0.15, -0.1) is 0 Å². The van der Waals surface area contributed by atoms with Crippen LogP contribution in [0.5, 0.6) is 0 Å². The Bertz CT molecular complexity index is 344. The van der Waals surface area contributed by atoms with Gasteiger partial charge >= 0.3 is 5.30 Å². The zero-order chi connectivity index (χ0) is 9.28. The molecule has 0 unspecified atom stereocenters. The Morgan fingerprint density at radius 1 is 1.18 bits per heavy atom. The topological polar surface area (TPSA) is 126 Å². The first-order valence-electron chi connectivity index (χ1n) is 2.06. The summed E-state index contributed by atoms with van der Waals surface area (Å²) < 4.78 is 48.1. The Kier molecular flexibility index (Phi) is 2.59. The van der Waals surface area contributed by atoms with Crippen molar-refractivity contribution in [1.29, 1.82) is 0 Å². The minimum Gasteiger partial charge on any atom is -0.470 e. The molecule has 0 heterocycles. The lowest BCUT2D eigenvalue weighted by molar-refractivity contribution is 0.219. The van der Waals surface area contributed by atoms with Crippen LogP contribution in [0.4, 0.5) is 4.79 Å². The molecule has 0 spiro atoms. The second-order valence-corrected chi connectivity index (χ2v) is 5.27.